The molecule has 0 aliphatic carbocycles. The van der Waals surface area contributed by atoms with Crippen molar-refractivity contribution >= 4 is 21.4 Å². The SMILES string of the molecule is O=S(=O)(CCl)Cc1ccccc1. The minimum atomic E-state index is -3.11. The molecule has 0 aliphatic heterocycles. The van der Waals surface area contributed by atoms with Crippen molar-refractivity contribution in [3.63, 3.8) is 0 Å². The number of halogens is 1. The molecule has 0 unspecified atom stereocenters. The molecule has 0 N–H and O–H groups in total. The number of benzene rings is 1. The van der Waals surface area contributed by atoms with Crippen molar-refractivity contribution in [2.24, 2.45) is 0 Å². The Morgan fingerprint density at radius 2 is 1.75 bits per heavy atom. The second kappa shape index (κ2) is 3.92. The van der Waals surface area contributed by atoms with Crippen LogP contribution >= 0.6 is 11.6 Å². The summed E-state index contributed by atoms with van der Waals surface area (Å²) in [4.78, 5) is 0. The molecule has 0 bridgehead atoms. The van der Waals surface area contributed by atoms with E-state index in [-0.39, 0.29) is 11.0 Å². The van der Waals surface area contributed by atoms with E-state index < -0.39 is 9.84 Å². The van der Waals surface area contributed by atoms with Crippen LogP contribution in [-0.2, 0) is 15.6 Å². The van der Waals surface area contributed by atoms with E-state index in [1.54, 1.807) is 24.3 Å². The lowest BCUT2D eigenvalue weighted by Crippen LogP contribution is -2.04. The summed E-state index contributed by atoms with van der Waals surface area (Å²) < 4.78 is 22.1. The predicted octanol–water partition coefficient (Wildman–Crippen LogP) is 1.80. The molecule has 1 aromatic rings. The zero-order valence-corrected chi connectivity index (χ0v) is 7.98. The molecule has 4 heteroatoms. The molecule has 0 fully saturated rings. The average molecular weight is 205 g/mol. The van der Waals surface area contributed by atoms with Gasteiger partial charge in [0.1, 0.15) is 5.21 Å². The molecule has 12 heavy (non-hydrogen) atoms. The maximum atomic E-state index is 11.0. The van der Waals surface area contributed by atoms with Crippen LogP contribution in [0.3, 0.4) is 0 Å². The maximum Gasteiger partial charge on any atom is 0.168 e. The number of sulfone groups is 1. The van der Waals surface area contributed by atoms with E-state index in [1.807, 2.05) is 6.07 Å². The first-order valence-corrected chi connectivity index (χ1v) is 5.80. The first-order valence-electron chi connectivity index (χ1n) is 3.44. The van der Waals surface area contributed by atoms with Crippen molar-refractivity contribution < 1.29 is 8.42 Å². The Hall–Kier alpha value is -0.540. The third-order valence-electron chi connectivity index (χ3n) is 1.40. The van der Waals surface area contributed by atoms with Crippen LogP contribution in [0.25, 0.3) is 0 Å². The number of alkyl halides is 1. The Labute approximate surface area is 77.1 Å². The molecule has 0 saturated carbocycles. The van der Waals surface area contributed by atoms with Gasteiger partial charge in [-0.25, -0.2) is 8.42 Å². The Bertz CT molecular complexity index is 331. The van der Waals surface area contributed by atoms with Crippen LogP contribution in [-0.4, -0.2) is 13.6 Å². The van der Waals surface area contributed by atoms with Gasteiger partial charge in [-0.3, -0.25) is 0 Å². The maximum absolute atomic E-state index is 11.0. The molecular formula is C8H9ClO2S. The van der Waals surface area contributed by atoms with Gasteiger partial charge in [-0.2, -0.15) is 0 Å². The number of hydrogen-bond acceptors (Lipinski definition) is 2. The summed E-state index contributed by atoms with van der Waals surface area (Å²) in [5.41, 5.74) is 0.776. The zero-order valence-electron chi connectivity index (χ0n) is 6.40. The molecular weight excluding hydrogens is 196 g/mol. The van der Waals surface area contributed by atoms with E-state index in [9.17, 15) is 8.42 Å². The molecule has 2 nitrogen and oxygen atoms in total. The largest absolute Gasteiger partial charge is 0.227 e. The molecule has 66 valence electrons. The normalized spacial score (nSPS) is 11.4. The van der Waals surface area contributed by atoms with Gasteiger partial charge in [0.05, 0.1) is 5.75 Å². The molecule has 0 saturated heterocycles. The van der Waals surface area contributed by atoms with Crippen molar-refractivity contribution in [2.75, 3.05) is 5.21 Å². The Morgan fingerprint density at radius 3 is 2.25 bits per heavy atom. The summed E-state index contributed by atoms with van der Waals surface area (Å²) in [5.74, 6) is 0.0251. The highest BCUT2D eigenvalue weighted by Gasteiger charge is 2.08. The van der Waals surface area contributed by atoms with Gasteiger partial charge in [0, 0.05) is 0 Å². The van der Waals surface area contributed by atoms with Crippen LogP contribution in [0.15, 0.2) is 30.3 Å². The lowest BCUT2D eigenvalue weighted by atomic mass is 10.2. The smallest absolute Gasteiger partial charge is 0.168 e. The molecule has 0 aliphatic rings. The van der Waals surface area contributed by atoms with Crippen molar-refractivity contribution in [2.45, 2.75) is 5.75 Å². The molecule has 0 radical (unpaired) electrons. The highest BCUT2D eigenvalue weighted by molar-refractivity contribution is 7.91. The minimum absolute atomic E-state index is 0.0251. The van der Waals surface area contributed by atoms with E-state index in [0.29, 0.717) is 0 Å². The van der Waals surface area contributed by atoms with Crippen LogP contribution in [0, 0.1) is 0 Å². The average Bonchev–Trinajstić information content (AvgIpc) is 2.06. The van der Waals surface area contributed by atoms with Gasteiger partial charge in [-0.1, -0.05) is 30.3 Å². The van der Waals surface area contributed by atoms with Crippen molar-refractivity contribution in [3.05, 3.63) is 35.9 Å². The third-order valence-corrected chi connectivity index (χ3v) is 3.50. The predicted molar refractivity (Wildman–Crippen MR) is 49.8 cm³/mol. The van der Waals surface area contributed by atoms with Crippen LogP contribution in [0.2, 0.25) is 0 Å². The molecule has 0 atom stereocenters. The van der Waals surface area contributed by atoms with E-state index in [4.69, 9.17) is 11.6 Å². The summed E-state index contributed by atoms with van der Waals surface area (Å²) in [7, 11) is -3.11. The van der Waals surface area contributed by atoms with E-state index in [0.717, 1.165) is 5.56 Å². The first-order chi connectivity index (χ1) is 5.64. The molecule has 0 heterocycles. The molecule has 0 amide bonds. The van der Waals surface area contributed by atoms with Gasteiger partial charge >= 0.3 is 0 Å². The van der Waals surface area contributed by atoms with Gasteiger partial charge in [0.15, 0.2) is 9.84 Å². The van der Waals surface area contributed by atoms with E-state index >= 15 is 0 Å². The zero-order chi connectivity index (χ0) is 9.03. The van der Waals surface area contributed by atoms with Gasteiger partial charge < -0.3 is 0 Å². The second-order valence-electron chi connectivity index (χ2n) is 2.48. The van der Waals surface area contributed by atoms with Crippen molar-refractivity contribution in [3.8, 4) is 0 Å². The fourth-order valence-electron chi connectivity index (χ4n) is 0.867. The standard InChI is InChI=1S/C8H9ClO2S/c9-7-12(10,11)6-8-4-2-1-3-5-8/h1-5H,6-7H2. The fraction of sp³-hybridized carbons (Fsp3) is 0.250. The van der Waals surface area contributed by atoms with Crippen LogP contribution in [0.5, 0.6) is 0 Å². The summed E-state index contributed by atoms with van der Waals surface area (Å²) in [6.45, 7) is 0. The minimum Gasteiger partial charge on any atom is -0.227 e. The molecule has 0 aromatic heterocycles. The Balaban J connectivity index is 2.78. The Kier molecular flexibility index (Phi) is 3.12. The van der Waals surface area contributed by atoms with Gasteiger partial charge in [-0.15, -0.1) is 11.6 Å². The summed E-state index contributed by atoms with van der Waals surface area (Å²) in [5, 5.41) is -0.318. The van der Waals surface area contributed by atoms with Crippen LogP contribution in [0.4, 0.5) is 0 Å². The lowest BCUT2D eigenvalue weighted by molar-refractivity contribution is 0.600. The van der Waals surface area contributed by atoms with Crippen molar-refractivity contribution in [1.82, 2.24) is 0 Å². The highest BCUT2D eigenvalue weighted by atomic mass is 35.5. The van der Waals surface area contributed by atoms with Crippen molar-refractivity contribution in [1.29, 1.82) is 0 Å². The van der Waals surface area contributed by atoms with Crippen LogP contribution < -0.4 is 0 Å². The molecule has 1 aromatic carbocycles. The second-order valence-corrected chi connectivity index (χ2v) is 5.13. The van der Waals surface area contributed by atoms with Crippen LogP contribution in [0.1, 0.15) is 5.56 Å². The monoisotopic (exact) mass is 204 g/mol. The highest BCUT2D eigenvalue weighted by Crippen LogP contribution is 2.06. The summed E-state index contributed by atoms with van der Waals surface area (Å²) >= 11 is 5.26. The quantitative estimate of drug-likeness (QED) is 0.704. The fourth-order valence-corrected chi connectivity index (χ4v) is 1.88. The van der Waals surface area contributed by atoms with E-state index in [2.05, 4.69) is 0 Å². The summed E-state index contributed by atoms with van der Waals surface area (Å²) in [6, 6.07) is 8.99. The van der Waals surface area contributed by atoms with Gasteiger partial charge in [0.2, 0.25) is 0 Å². The first kappa shape index (κ1) is 9.55. The molecule has 1 rings (SSSR count). The van der Waals surface area contributed by atoms with Gasteiger partial charge in [0.25, 0.3) is 0 Å². The number of rotatable bonds is 3. The molecule has 0 spiro atoms. The lowest BCUT2D eigenvalue weighted by Gasteiger charge is -1.98. The summed E-state index contributed by atoms with van der Waals surface area (Å²) in [6.07, 6.45) is 0. The number of hydrogen-bond donors (Lipinski definition) is 0. The third kappa shape index (κ3) is 2.83. The topological polar surface area (TPSA) is 34.1 Å². The van der Waals surface area contributed by atoms with E-state index in [1.165, 1.54) is 0 Å². The Morgan fingerprint density at radius 1 is 1.17 bits per heavy atom. The van der Waals surface area contributed by atoms with Gasteiger partial charge in [-0.05, 0) is 5.56 Å².